The van der Waals surface area contributed by atoms with E-state index in [2.05, 4.69) is 46.0 Å². The number of hydrogen-bond donors (Lipinski definition) is 0. The van der Waals surface area contributed by atoms with Gasteiger partial charge in [0, 0.05) is 0 Å². The molecule has 2 nitrogen and oxygen atoms in total. The molecule has 1 rings (SSSR count). The lowest BCUT2D eigenvalue weighted by Crippen LogP contribution is -2.41. The summed E-state index contributed by atoms with van der Waals surface area (Å²) in [6, 6.07) is 10.2. The van der Waals surface area contributed by atoms with Crippen LogP contribution in [0.3, 0.4) is 0 Å². The monoisotopic (exact) mass is 266 g/mol. The van der Waals surface area contributed by atoms with Crippen molar-refractivity contribution in [1.82, 2.24) is 0 Å². The van der Waals surface area contributed by atoms with Gasteiger partial charge in [-0.3, -0.25) is 0 Å². The lowest BCUT2D eigenvalue weighted by molar-refractivity contribution is 0.0846. The Morgan fingerprint density at radius 3 is 2.17 bits per heavy atom. The fraction of sp³-hybridized carbons (Fsp3) is 0.600. The first-order valence-electron chi connectivity index (χ1n) is 6.58. The highest BCUT2D eigenvalue weighted by Crippen LogP contribution is 2.36. The Morgan fingerprint density at radius 2 is 1.61 bits per heavy atom. The summed E-state index contributed by atoms with van der Waals surface area (Å²) in [5.41, 5.74) is 1.21. The average molecular weight is 266 g/mol. The zero-order valence-electron chi connectivity index (χ0n) is 12.3. The van der Waals surface area contributed by atoms with Crippen LogP contribution in [0.15, 0.2) is 30.3 Å². The van der Waals surface area contributed by atoms with Crippen molar-refractivity contribution in [2.45, 2.75) is 45.5 Å². The van der Waals surface area contributed by atoms with E-state index >= 15 is 0 Å². The molecule has 0 unspecified atom stereocenters. The van der Waals surface area contributed by atoms with Crippen LogP contribution < -0.4 is 0 Å². The van der Waals surface area contributed by atoms with Crippen molar-refractivity contribution in [3.05, 3.63) is 35.9 Å². The van der Waals surface area contributed by atoms with Crippen LogP contribution in [0.2, 0.25) is 18.1 Å². The van der Waals surface area contributed by atoms with Crippen molar-refractivity contribution in [2.24, 2.45) is 0 Å². The van der Waals surface area contributed by atoms with Crippen LogP contribution in [0.25, 0.3) is 0 Å². The van der Waals surface area contributed by atoms with Gasteiger partial charge in [-0.2, -0.15) is 0 Å². The van der Waals surface area contributed by atoms with Gasteiger partial charge in [-0.1, -0.05) is 51.1 Å². The predicted molar refractivity (Wildman–Crippen MR) is 79.2 cm³/mol. The minimum absolute atomic E-state index is 0.270. The molecule has 0 radical (unpaired) electrons. The minimum Gasteiger partial charge on any atom is -0.414 e. The molecule has 0 bridgehead atoms. The van der Waals surface area contributed by atoms with Crippen molar-refractivity contribution >= 4 is 8.32 Å². The third-order valence-electron chi connectivity index (χ3n) is 3.61. The van der Waals surface area contributed by atoms with Crippen LogP contribution in [0.1, 0.15) is 26.3 Å². The molecule has 102 valence electrons. The zero-order valence-corrected chi connectivity index (χ0v) is 13.3. The second-order valence-corrected chi connectivity index (χ2v) is 11.0. The quantitative estimate of drug-likeness (QED) is 0.567. The Balaban J connectivity index is 2.20. The summed E-state index contributed by atoms with van der Waals surface area (Å²) in [6.45, 7) is 13.3. The van der Waals surface area contributed by atoms with Gasteiger partial charge in [0.1, 0.15) is 0 Å². The van der Waals surface area contributed by atoms with Crippen molar-refractivity contribution < 1.29 is 9.16 Å². The van der Waals surface area contributed by atoms with Gasteiger partial charge in [0.05, 0.1) is 19.8 Å². The molecule has 0 aromatic heterocycles. The fourth-order valence-corrected chi connectivity index (χ4v) is 2.36. The van der Waals surface area contributed by atoms with Crippen molar-refractivity contribution in [2.75, 3.05) is 13.2 Å². The van der Waals surface area contributed by atoms with Gasteiger partial charge in [0.25, 0.3) is 0 Å². The van der Waals surface area contributed by atoms with Gasteiger partial charge < -0.3 is 9.16 Å². The maximum Gasteiger partial charge on any atom is 0.192 e. The lowest BCUT2D eigenvalue weighted by atomic mass is 10.2. The van der Waals surface area contributed by atoms with Crippen LogP contribution in [0, 0.1) is 0 Å². The van der Waals surface area contributed by atoms with E-state index in [1.165, 1.54) is 5.56 Å². The molecular formula is C15H26O2Si. The molecule has 0 aliphatic heterocycles. The largest absolute Gasteiger partial charge is 0.414 e. The molecule has 0 heterocycles. The molecule has 0 saturated heterocycles. The van der Waals surface area contributed by atoms with E-state index in [1.54, 1.807) is 0 Å². The van der Waals surface area contributed by atoms with E-state index in [9.17, 15) is 0 Å². The zero-order chi connectivity index (χ0) is 13.6. The molecule has 1 aromatic rings. The van der Waals surface area contributed by atoms with Gasteiger partial charge >= 0.3 is 0 Å². The van der Waals surface area contributed by atoms with E-state index in [0.717, 1.165) is 0 Å². The number of ether oxygens (including phenoxy) is 1. The standard InChI is InChI=1S/C15H26O2Si/c1-15(2,3)18(4,5)17-12-11-16-13-14-9-7-6-8-10-14/h6-10H,11-13H2,1-5H3. The normalized spacial score (nSPS) is 12.7. The first kappa shape index (κ1) is 15.4. The number of rotatable bonds is 6. The Labute approximate surface area is 112 Å². The SMILES string of the molecule is CC(C)(C)[Si](C)(C)OCCOCc1ccccc1. The molecule has 0 fully saturated rings. The third kappa shape index (κ3) is 4.92. The molecule has 0 amide bonds. The molecule has 0 saturated carbocycles. The summed E-state index contributed by atoms with van der Waals surface area (Å²) >= 11 is 0. The van der Waals surface area contributed by atoms with E-state index in [0.29, 0.717) is 19.8 Å². The molecular weight excluding hydrogens is 240 g/mol. The first-order valence-corrected chi connectivity index (χ1v) is 9.49. The number of benzene rings is 1. The lowest BCUT2D eigenvalue weighted by Gasteiger charge is -2.36. The second-order valence-electron chi connectivity index (χ2n) is 6.15. The highest BCUT2D eigenvalue weighted by atomic mass is 28.4. The first-order chi connectivity index (χ1) is 8.33. The molecule has 3 heteroatoms. The molecule has 18 heavy (non-hydrogen) atoms. The van der Waals surface area contributed by atoms with Gasteiger partial charge in [-0.25, -0.2) is 0 Å². The van der Waals surface area contributed by atoms with Crippen LogP contribution in [0.5, 0.6) is 0 Å². The third-order valence-corrected chi connectivity index (χ3v) is 8.15. The summed E-state index contributed by atoms with van der Waals surface area (Å²) in [5, 5.41) is 0.270. The number of hydrogen-bond acceptors (Lipinski definition) is 2. The minimum atomic E-state index is -1.61. The molecule has 1 aromatic carbocycles. The van der Waals surface area contributed by atoms with Crippen molar-refractivity contribution in [1.29, 1.82) is 0 Å². The van der Waals surface area contributed by atoms with Crippen molar-refractivity contribution in [3.8, 4) is 0 Å². The Hall–Kier alpha value is -0.643. The van der Waals surface area contributed by atoms with Crippen LogP contribution in [-0.2, 0) is 15.8 Å². The summed E-state index contributed by atoms with van der Waals surface area (Å²) in [5.74, 6) is 0. The Morgan fingerprint density at radius 1 is 1.00 bits per heavy atom. The highest BCUT2D eigenvalue weighted by molar-refractivity contribution is 6.74. The molecule has 0 aliphatic rings. The summed E-state index contributed by atoms with van der Waals surface area (Å²) < 4.78 is 11.7. The van der Waals surface area contributed by atoms with Gasteiger partial charge in [-0.15, -0.1) is 0 Å². The van der Waals surface area contributed by atoms with E-state index in [4.69, 9.17) is 9.16 Å². The van der Waals surface area contributed by atoms with Gasteiger partial charge in [0.2, 0.25) is 0 Å². The predicted octanol–water partition coefficient (Wildman–Crippen LogP) is 4.23. The van der Waals surface area contributed by atoms with Crippen LogP contribution in [-0.4, -0.2) is 21.5 Å². The summed E-state index contributed by atoms with van der Waals surface area (Å²) in [6.07, 6.45) is 0. The average Bonchev–Trinajstić information content (AvgIpc) is 2.28. The van der Waals surface area contributed by atoms with Gasteiger partial charge in [0.15, 0.2) is 8.32 Å². The summed E-state index contributed by atoms with van der Waals surface area (Å²) in [7, 11) is -1.61. The van der Waals surface area contributed by atoms with E-state index < -0.39 is 8.32 Å². The van der Waals surface area contributed by atoms with Gasteiger partial charge in [-0.05, 0) is 23.7 Å². The van der Waals surface area contributed by atoms with Crippen molar-refractivity contribution in [3.63, 3.8) is 0 Å². The summed E-state index contributed by atoms with van der Waals surface area (Å²) in [4.78, 5) is 0. The van der Waals surface area contributed by atoms with E-state index in [1.807, 2.05) is 18.2 Å². The molecule has 0 atom stereocenters. The fourth-order valence-electron chi connectivity index (χ4n) is 1.34. The smallest absolute Gasteiger partial charge is 0.192 e. The topological polar surface area (TPSA) is 18.5 Å². The maximum atomic E-state index is 6.05. The Bertz CT molecular complexity index is 341. The second kappa shape index (κ2) is 6.50. The molecule has 0 spiro atoms. The highest BCUT2D eigenvalue weighted by Gasteiger charge is 2.36. The Kier molecular flexibility index (Phi) is 5.57. The maximum absolute atomic E-state index is 6.05. The molecule has 0 aliphatic carbocycles. The van der Waals surface area contributed by atoms with Crippen LogP contribution >= 0.6 is 0 Å². The van der Waals surface area contributed by atoms with Crippen LogP contribution in [0.4, 0.5) is 0 Å². The molecule has 0 N–H and O–H groups in total. The van der Waals surface area contributed by atoms with E-state index in [-0.39, 0.29) is 5.04 Å².